The molecule has 1 unspecified atom stereocenters. The second-order valence-corrected chi connectivity index (χ2v) is 7.34. The summed E-state index contributed by atoms with van der Waals surface area (Å²) in [5, 5.41) is 7.05. The fourth-order valence-electron chi connectivity index (χ4n) is 4.70. The lowest BCUT2D eigenvalue weighted by Gasteiger charge is -2.40. The molecule has 5 nitrogen and oxygen atoms in total. The molecule has 25 heavy (non-hydrogen) atoms. The molecule has 4 heterocycles. The number of fused-ring (bicyclic) bond motifs is 4. The maximum atomic E-state index is 5.64. The van der Waals surface area contributed by atoms with E-state index in [0.29, 0.717) is 18.2 Å². The van der Waals surface area contributed by atoms with Gasteiger partial charge in [-0.3, -0.25) is 0 Å². The zero-order valence-electron chi connectivity index (χ0n) is 14.5. The van der Waals surface area contributed by atoms with E-state index in [4.69, 9.17) is 4.74 Å². The van der Waals surface area contributed by atoms with E-state index in [0.717, 1.165) is 36.6 Å². The Labute approximate surface area is 148 Å². The van der Waals surface area contributed by atoms with Crippen LogP contribution in [0.2, 0.25) is 0 Å². The summed E-state index contributed by atoms with van der Waals surface area (Å²) in [5.41, 5.74) is 4.78. The van der Waals surface area contributed by atoms with Crippen LogP contribution in [0.1, 0.15) is 31.2 Å². The lowest BCUT2D eigenvalue weighted by Crippen LogP contribution is -2.45. The molecule has 3 aliphatic rings. The summed E-state index contributed by atoms with van der Waals surface area (Å²) in [6.07, 6.45) is 7.11. The molecule has 1 aromatic carbocycles. The van der Waals surface area contributed by atoms with Crippen molar-refractivity contribution < 1.29 is 4.74 Å². The van der Waals surface area contributed by atoms with Crippen molar-refractivity contribution in [3.8, 4) is 0 Å². The van der Waals surface area contributed by atoms with E-state index in [1.807, 2.05) is 19.4 Å². The number of piperidine rings is 1. The molecule has 5 rings (SSSR count). The third-order valence-electron chi connectivity index (χ3n) is 5.94. The predicted octanol–water partition coefficient (Wildman–Crippen LogP) is 3.90. The minimum Gasteiger partial charge on any atom is -0.381 e. The van der Waals surface area contributed by atoms with E-state index in [-0.39, 0.29) is 0 Å². The number of nitrogens with zero attached hydrogens (tertiary/aromatic N) is 2. The van der Waals surface area contributed by atoms with Crippen LogP contribution in [-0.2, 0) is 11.3 Å². The number of hydrogen-bond acceptors (Lipinski definition) is 5. The van der Waals surface area contributed by atoms with Gasteiger partial charge < -0.3 is 20.3 Å². The van der Waals surface area contributed by atoms with Crippen LogP contribution in [0.5, 0.6) is 0 Å². The molecular formula is C20H24N4O. The number of pyridine rings is 1. The first kappa shape index (κ1) is 15.0. The van der Waals surface area contributed by atoms with Crippen molar-refractivity contribution in [1.82, 2.24) is 4.98 Å². The zero-order chi connectivity index (χ0) is 16.8. The summed E-state index contributed by atoms with van der Waals surface area (Å²) < 4.78 is 5.64. The number of hydrogen-bond donors (Lipinski definition) is 2. The highest BCUT2D eigenvalue weighted by molar-refractivity contribution is 5.80. The van der Waals surface area contributed by atoms with Crippen LogP contribution < -0.4 is 15.5 Å². The second kappa shape index (κ2) is 5.92. The molecule has 3 atom stereocenters. The molecule has 0 aliphatic carbocycles. The summed E-state index contributed by atoms with van der Waals surface area (Å²) in [7, 11) is 1.85. The lowest BCUT2D eigenvalue weighted by atomic mass is 9.98. The van der Waals surface area contributed by atoms with Gasteiger partial charge >= 0.3 is 0 Å². The third-order valence-corrected chi connectivity index (χ3v) is 5.94. The van der Waals surface area contributed by atoms with Crippen molar-refractivity contribution in [3.63, 3.8) is 0 Å². The largest absolute Gasteiger partial charge is 0.381 e. The van der Waals surface area contributed by atoms with E-state index in [1.165, 1.54) is 24.1 Å². The van der Waals surface area contributed by atoms with Gasteiger partial charge in [0.05, 0.1) is 17.5 Å². The summed E-state index contributed by atoms with van der Waals surface area (Å²) in [6.45, 7) is 0.797. The average Bonchev–Trinajstić information content (AvgIpc) is 2.83. The van der Waals surface area contributed by atoms with Crippen molar-refractivity contribution in [2.45, 2.75) is 50.4 Å². The number of aromatic nitrogens is 1. The summed E-state index contributed by atoms with van der Waals surface area (Å²) in [6, 6.07) is 12.1. The van der Waals surface area contributed by atoms with Crippen LogP contribution in [0.3, 0.4) is 0 Å². The van der Waals surface area contributed by atoms with Crippen LogP contribution in [0, 0.1) is 0 Å². The van der Waals surface area contributed by atoms with E-state index < -0.39 is 0 Å². The summed E-state index contributed by atoms with van der Waals surface area (Å²) in [5.74, 6) is 0.947. The summed E-state index contributed by atoms with van der Waals surface area (Å²) >= 11 is 0. The highest BCUT2D eigenvalue weighted by Gasteiger charge is 2.41. The number of methoxy groups -OCH3 is 1. The topological polar surface area (TPSA) is 49.4 Å². The number of rotatable bonds is 2. The molecule has 2 fully saturated rings. The molecule has 0 radical (unpaired) electrons. The molecule has 2 bridgehead atoms. The van der Waals surface area contributed by atoms with E-state index >= 15 is 0 Å². The Bertz CT molecular complexity index is 779. The SMILES string of the molecule is COC1C[C@H]2CC[C@@H](C1)N2c1ccc2c(c1)NCc1cccnc1N2. The Morgan fingerprint density at radius 1 is 1.12 bits per heavy atom. The first-order valence-corrected chi connectivity index (χ1v) is 9.22. The molecule has 130 valence electrons. The van der Waals surface area contributed by atoms with Crippen molar-refractivity contribution in [3.05, 3.63) is 42.1 Å². The van der Waals surface area contributed by atoms with Crippen LogP contribution in [0.4, 0.5) is 22.9 Å². The Kier molecular flexibility index (Phi) is 3.55. The van der Waals surface area contributed by atoms with Gasteiger partial charge in [0.2, 0.25) is 0 Å². The molecule has 3 aliphatic heterocycles. The standard InChI is InChI=1S/C20H24N4O/c1-25-17-9-14-4-5-15(10-17)24(14)16-6-7-18-19(11-16)22-12-13-3-2-8-21-20(13)23-18/h2-3,6-8,11,14-15,17,22H,4-5,9-10,12H2,1H3,(H,21,23)/t14-,15+,17?. The molecule has 2 N–H and O–H groups in total. The van der Waals surface area contributed by atoms with E-state index in [2.05, 4.69) is 44.8 Å². The summed E-state index contributed by atoms with van der Waals surface area (Å²) in [4.78, 5) is 7.10. The Morgan fingerprint density at radius 3 is 2.76 bits per heavy atom. The minimum atomic E-state index is 0.426. The smallest absolute Gasteiger partial charge is 0.135 e. The van der Waals surface area contributed by atoms with Crippen LogP contribution in [0.15, 0.2) is 36.5 Å². The predicted molar refractivity (Wildman–Crippen MR) is 101 cm³/mol. The molecule has 2 saturated heterocycles. The average molecular weight is 336 g/mol. The lowest BCUT2D eigenvalue weighted by molar-refractivity contribution is 0.0684. The van der Waals surface area contributed by atoms with Gasteiger partial charge in [-0.2, -0.15) is 0 Å². The van der Waals surface area contributed by atoms with Gasteiger partial charge in [-0.1, -0.05) is 6.07 Å². The first-order valence-electron chi connectivity index (χ1n) is 9.22. The quantitative estimate of drug-likeness (QED) is 0.871. The molecule has 5 heteroatoms. The molecule has 0 amide bonds. The maximum Gasteiger partial charge on any atom is 0.135 e. The zero-order valence-corrected chi connectivity index (χ0v) is 14.5. The molecule has 2 aromatic rings. The van der Waals surface area contributed by atoms with E-state index in [1.54, 1.807) is 0 Å². The molecule has 1 aromatic heterocycles. The highest BCUT2D eigenvalue weighted by atomic mass is 16.5. The first-order chi connectivity index (χ1) is 12.3. The highest BCUT2D eigenvalue weighted by Crippen LogP contribution is 2.42. The van der Waals surface area contributed by atoms with Crippen molar-refractivity contribution >= 4 is 22.9 Å². The van der Waals surface area contributed by atoms with Gasteiger partial charge in [-0.05, 0) is 49.9 Å². The molecular weight excluding hydrogens is 312 g/mol. The normalized spacial score (nSPS) is 26.9. The Morgan fingerprint density at radius 2 is 1.96 bits per heavy atom. The van der Waals surface area contributed by atoms with Gasteiger partial charge in [-0.15, -0.1) is 0 Å². The Hall–Kier alpha value is -2.27. The second-order valence-electron chi connectivity index (χ2n) is 7.34. The number of benzene rings is 1. The van der Waals surface area contributed by atoms with Crippen LogP contribution in [0.25, 0.3) is 0 Å². The van der Waals surface area contributed by atoms with Crippen molar-refractivity contribution in [2.75, 3.05) is 22.6 Å². The number of anilines is 4. The number of ether oxygens (including phenoxy) is 1. The minimum absolute atomic E-state index is 0.426. The maximum absolute atomic E-state index is 5.64. The fourth-order valence-corrected chi connectivity index (χ4v) is 4.70. The fraction of sp³-hybridized carbons (Fsp3) is 0.450. The van der Waals surface area contributed by atoms with Gasteiger partial charge in [0, 0.05) is 43.2 Å². The van der Waals surface area contributed by atoms with Crippen LogP contribution >= 0.6 is 0 Å². The molecule has 0 saturated carbocycles. The monoisotopic (exact) mass is 336 g/mol. The van der Waals surface area contributed by atoms with Gasteiger partial charge in [-0.25, -0.2) is 4.98 Å². The van der Waals surface area contributed by atoms with Gasteiger partial charge in [0.15, 0.2) is 0 Å². The third kappa shape index (κ3) is 2.54. The van der Waals surface area contributed by atoms with E-state index in [9.17, 15) is 0 Å². The van der Waals surface area contributed by atoms with Crippen molar-refractivity contribution in [2.24, 2.45) is 0 Å². The molecule has 0 spiro atoms. The van der Waals surface area contributed by atoms with Gasteiger partial charge in [0.25, 0.3) is 0 Å². The number of nitrogens with one attached hydrogen (secondary N) is 2. The van der Waals surface area contributed by atoms with Crippen LogP contribution in [-0.4, -0.2) is 30.3 Å². The van der Waals surface area contributed by atoms with Gasteiger partial charge in [0.1, 0.15) is 5.82 Å². The Balaban J connectivity index is 1.44. The van der Waals surface area contributed by atoms with Crippen molar-refractivity contribution in [1.29, 1.82) is 0 Å².